The summed E-state index contributed by atoms with van der Waals surface area (Å²) in [6.45, 7) is 5.75. The van der Waals surface area contributed by atoms with Crippen LogP contribution in [0.3, 0.4) is 0 Å². The average molecular weight is 232 g/mol. The van der Waals surface area contributed by atoms with Crippen molar-refractivity contribution >= 4 is 5.91 Å². The van der Waals surface area contributed by atoms with Crippen LogP contribution in [-0.4, -0.2) is 18.5 Å². The van der Waals surface area contributed by atoms with Crippen LogP contribution in [0.25, 0.3) is 0 Å². The number of carbonyl (C=O) groups is 1. The second-order valence-electron chi connectivity index (χ2n) is 4.90. The first-order valence-electron chi connectivity index (χ1n) is 6.23. The molecule has 0 aliphatic carbocycles. The van der Waals surface area contributed by atoms with E-state index in [1.165, 1.54) is 5.56 Å². The number of carbonyl (C=O) groups excluding carboxylic acids is 1. The van der Waals surface area contributed by atoms with Crippen LogP contribution in [0, 0.1) is 12.8 Å². The molecule has 2 atom stereocenters. The molecule has 2 N–H and O–H groups in total. The second-order valence-corrected chi connectivity index (χ2v) is 4.90. The third kappa shape index (κ3) is 3.07. The fraction of sp³-hybridized carbons (Fsp3) is 0.500. The molecule has 1 amide bonds. The molecule has 0 radical (unpaired) electrons. The number of amides is 1. The molecule has 0 aromatic heterocycles. The highest BCUT2D eigenvalue weighted by Crippen LogP contribution is 2.14. The molecule has 92 valence electrons. The van der Waals surface area contributed by atoms with E-state index in [-0.39, 0.29) is 11.9 Å². The van der Waals surface area contributed by atoms with E-state index in [0.29, 0.717) is 12.5 Å². The van der Waals surface area contributed by atoms with Crippen LogP contribution in [0.1, 0.15) is 24.5 Å². The fourth-order valence-electron chi connectivity index (χ4n) is 2.31. The van der Waals surface area contributed by atoms with Gasteiger partial charge in [-0.3, -0.25) is 4.79 Å². The molecule has 3 nitrogen and oxygen atoms in total. The average Bonchev–Trinajstić information content (AvgIpc) is 2.72. The molecule has 1 aromatic rings. The van der Waals surface area contributed by atoms with Gasteiger partial charge in [0.05, 0.1) is 6.04 Å². The summed E-state index contributed by atoms with van der Waals surface area (Å²) >= 11 is 0. The van der Waals surface area contributed by atoms with Crippen LogP contribution >= 0.6 is 0 Å². The lowest BCUT2D eigenvalue weighted by Gasteiger charge is -2.15. The predicted octanol–water partition coefficient (Wildman–Crippen LogP) is 1.61. The zero-order valence-corrected chi connectivity index (χ0v) is 10.5. The maximum atomic E-state index is 11.9. The van der Waals surface area contributed by atoms with E-state index >= 15 is 0 Å². The number of rotatable bonds is 3. The van der Waals surface area contributed by atoms with Crippen LogP contribution in [0.2, 0.25) is 0 Å². The first-order valence-corrected chi connectivity index (χ1v) is 6.23. The van der Waals surface area contributed by atoms with Gasteiger partial charge in [0.2, 0.25) is 5.91 Å². The van der Waals surface area contributed by atoms with Crippen molar-refractivity contribution in [3.8, 4) is 0 Å². The fourth-order valence-corrected chi connectivity index (χ4v) is 2.31. The molecule has 1 aromatic carbocycles. The van der Waals surface area contributed by atoms with Crippen molar-refractivity contribution in [2.75, 3.05) is 6.54 Å². The highest BCUT2D eigenvalue weighted by Gasteiger charge is 2.28. The van der Waals surface area contributed by atoms with E-state index in [9.17, 15) is 4.79 Å². The molecule has 1 fully saturated rings. The Kier molecular flexibility index (Phi) is 3.79. The van der Waals surface area contributed by atoms with Gasteiger partial charge in [-0.15, -0.1) is 0 Å². The van der Waals surface area contributed by atoms with Crippen molar-refractivity contribution in [1.29, 1.82) is 0 Å². The first-order chi connectivity index (χ1) is 8.16. The summed E-state index contributed by atoms with van der Waals surface area (Å²) in [4.78, 5) is 11.9. The lowest BCUT2D eigenvalue weighted by Crippen LogP contribution is -2.42. The molecule has 0 spiro atoms. The van der Waals surface area contributed by atoms with Gasteiger partial charge in [-0.2, -0.15) is 0 Å². The Balaban J connectivity index is 1.88. The Morgan fingerprint density at radius 3 is 3.00 bits per heavy atom. The van der Waals surface area contributed by atoms with Gasteiger partial charge >= 0.3 is 0 Å². The Morgan fingerprint density at radius 1 is 1.53 bits per heavy atom. The van der Waals surface area contributed by atoms with Gasteiger partial charge in [0.25, 0.3) is 0 Å². The Hall–Kier alpha value is -1.35. The van der Waals surface area contributed by atoms with Crippen molar-refractivity contribution in [1.82, 2.24) is 10.6 Å². The van der Waals surface area contributed by atoms with Gasteiger partial charge in [0.1, 0.15) is 0 Å². The van der Waals surface area contributed by atoms with Crippen LogP contribution in [0.5, 0.6) is 0 Å². The number of aryl methyl sites for hydroxylation is 1. The zero-order valence-electron chi connectivity index (χ0n) is 10.5. The minimum absolute atomic E-state index is 0.0141. The Morgan fingerprint density at radius 2 is 2.35 bits per heavy atom. The number of hydrogen-bond donors (Lipinski definition) is 2. The highest BCUT2D eigenvalue weighted by atomic mass is 16.2. The van der Waals surface area contributed by atoms with Crippen LogP contribution in [0.15, 0.2) is 24.3 Å². The Bertz CT molecular complexity index is 403. The van der Waals surface area contributed by atoms with Gasteiger partial charge in [0, 0.05) is 6.54 Å². The van der Waals surface area contributed by atoms with E-state index in [4.69, 9.17) is 0 Å². The van der Waals surface area contributed by atoms with Gasteiger partial charge in [0.15, 0.2) is 0 Å². The molecule has 1 aliphatic rings. The normalized spacial score (nSPS) is 23.6. The smallest absolute Gasteiger partial charge is 0.237 e. The number of nitrogens with one attached hydrogen (secondary N) is 2. The van der Waals surface area contributed by atoms with Gasteiger partial charge in [-0.25, -0.2) is 0 Å². The van der Waals surface area contributed by atoms with Crippen molar-refractivity contribution in [3.63, 3.8) is 0 Å². The summed E-state index contributed by atoms with van der Waals surface area (Å²) in [5, 5.41) is 6.24. The third-order valence-corrected chi connectivity index (χ3v) is 3.36. The molecule has 1 aliphatic heterocycles. The molecule has 2 rings (SSSR count). The quantitative estimate of drug-likeness (QED) is 0.831. The van der Waals surface area contributed by atoms with E-state index in [2.05, 4.69) is 36.6 Å². The van der Waals surface area contributed by atoms with Crippen molar-refractivity contribution < 1.29 is 4.79 Å². The third-order valence-electron chi connectivity index (χ3n) is 3.36. The van der Waals surface area contributed by atoms with E-state index in [1.54, 1.807) is 0 Å². The van der Waals surface area contributed by atoms with Gasteiger partial charge in [-0.05, 0) is 31.4 Å². The maximum absolute atomic E-state index is 11.9. The lowest BCUT2D eigenvalue weighted by molar-refractivity contribution is -0.123. The summed E-state index contributed by atoms with van der Waals surface area (Å²) in [6.07, 6.45) is 1.09. The van der Waals surface area contributed by atoms with E-state index in [0.717, 1.165) is 18.5 Å². The topological polar surface area (TPSA) is 41.1 Å². The molecule has 1 heterocycles. The molecule has 2 unspecified atom stereocenters. The minimum atomic E-state index is -0.0141. The minimum Gasteiger partial charge on any atom is -0.351 e. The number of hydrogen-bond acceptors (Lipinski definition) is 2. The number of benzene rings is 1. The van der Waals surface area contributed by atoms with E-state index < -0.39 is 0 Å². The van der Waals surface area contributed by atoms with Crippen molar-refractivity contribution in [2.45, 2.75) is 32.9 Å². The molecule has 1 saturated heterocycles. The van der Waals surface area contributed by atoms with E-state index in [1.807, 2.05) is 12.1 Å². The molecular weight excluding hydrogens is 212 g/mol. The van der Waals surface area contributed by atoms with Gasteiger partial charge in [-0.1, -0.05) is 36.8 Å². The van der Waals surface area contributed by atoms with Crippen LogP contribution < -0.4 is 10.6 Å². The summed E-state index contributed by atoms with van der Waals surface area (Å²) in [6, 6.07) is 8.21. The molecule has 17 heavy (non-hydrogen) atoms. The predicted molar refractivity (Wildman–Crippen MR) is 68.6 cm³/mol. The first kappa shape index (κ1) is 12.1. The summed E-state index contributed by atoms with van der Waals surface area (Å²) in [7, 11) is 0. The lowest BCUT2D eigenvalue weighted by atomic mass is 10.0. The molecule has 3 heteroatoms. The second kappa shape index (κ2) is 5.32. The zero-order chi connectivity index (χ0) is 12.3. The SMILES string of the molecule is Cc1cccc(CNC(=O)C2NCCC2C)c1. The maximum Gasteiger partial charge on any atom is 0.237 e. The standard InChI is InChI=1S/C14H20N2O/c1-10-4-3-5-12(8-10)9-16-14(17)13-11(2)6-7-15-13/h3-5,8,11,13,15H,6-7,9H2,1-2H3,(H,16,17). The Labute approximate surface area is 103 Å². The molecule has 0 saturated carbocycles. The van der Waals surface area contributed by atoms with Crippen molar-refractivity contribution in [2.24, 2.45) is 5.92 Å². The van der Waals surface area contributed by atoms with Crippen molar-refractivity contribution in [3.05, 3.63) is 35.4 Å². The molecule has 0 bridgehead atoms. The largest absolute Gasteiger partial charge is 0.351 e. The van der Waals surface area contributed by atoms with Gasteiger partial charge < -0.3 is 10.6 Å². The summed E-state index contributed by atoms with van der Waals surface area (Å²) < 4.78 is 0. The van der Waals surface area contributed by atoms with Crippen LogP contribution in [0.4, 0.5) is 0 Å². The summed E-state index contributed by atoms with van der Waals surface area (Å²) in [5.74, 6) is 0.559. The monoisotopic (exact) mass is 232 g/mol. The highest BCUT2D eigenvalue weighted by molar-refractivity contribution is 5.82. The summed E-state index contributed by atoms with van der Waals surface area (Å²) in [5.41, 5.74) is 2.38. The van der Waals surface area contributed by atoms with Crippen LogP contribution in [-0.2, 0) is 11.3 Å². The molecular formula is C14H20N2O.